The molecule has 0 radical (unpaired) electrons. The van der Waals surface area contributed by atoms with E-state index < -0.39 is 10.0 Å². The third-order valence-electron chi connectivity index (χ3n) is 4.96. The first kappa shape index (κ1) is 21.0. The van der Waals surface area contributed by atoms with Crippen LogP contribution < -0.4 is 0 Å². The van der Waals surface area contributed by atoms with E-state index in [1.54, 1.807) is 36.0 Å². The zero-order valence-corrected chi connectivity index (χ0v) is 18.4. The Kier molecular flexibility index (Phi) is 6.52. The molecule has 1 aliphatic rings. The molecule has 7 nitrogen and oxygen atoms in total. The van der Waals surface area contributed by atoms with Gasteiger partial charge in [-0.2, -0.15) is 4.31 Å². The lowest BCUT2D eigenvalue weighted by Crippen LogP contribution is -2.40. The fourth-order valence-corrected chi connectivity index (χ4v) is 5.69. The molecule has 0 unspecified atom stereocenters. The number of rotatable bonds is 7. The van der Waals surface area contributed by atoms with Crippen LogP contribution in [0.5, 0.6) is 0 Å². The Labute approximate surface area is 181 Å². The van der Waals surface area contributed by atoms with Crippen molar-refractivity contribution in [3.05, 3.63) is 60.2 Å². The highest BCUT2D eigenvalue weighted by molar-refractivity contribution is 7.98. The predicted octanol–water partition coefficient (Wildman–Crippen LogP) is 3.28. The number of ether oxygens (including phenoxy) is 1. The van der Waals surface area contributed by atoms with Gasteiger partial charge in [0.1, 0.15) is 0 Å². The van der Waals surface area contributed by atoms with Crippen LogP contribution in [0.1, 0.15) is 12.5 Å². The first-order valence-corrected chi connectivity index (χ1v) is 12.3. The van der Waals surface area contributed by atoms with E-state index in [4.69, 9.17) is 4.74 Å². The molecule has 1 saturated heterocycles. The Bertz CT molecular complexity index is 1080. The van der Waals surface area contributed by atoms with Crippen LogP contribution in [0, 0.1) is 0 Å². The van der Waals surface area contributed by atoms with Gasteiger partial charge in [0.15, 0.2) is 11.0 Å². The first-order chi connectivity index (χ1) is 14.6. The van der Waals surface area contributed by atoms with Crippen molar-refractivity contribution >= 4 is 21.8 Å². The van der Waals surface area contributed by atoms with Crippen LogP contribution in [0.15, 0.2) is 64.6 Å². The van der Waals surface area contributed by atoms with Crippen LogP contribution >= 0.6 is 11.8 Å². The fraction of sp³-hybridized carbons (Fsp3) is 0.333. The van der Waals surface area contributed by atoms with Crippen molar-refractivity contribution in [2.24, 2.45) is 0 Å². The highest BCUT2D eigenvalue weighted by Gasteiger charge is 2.26. The quantitative estimate of drug-likeness (QED) is 0.521. The maximum Gasteiger partial charge on any atom is 0.243 e. The monoisotopic (exact) mass is 444 g/mol. The molecular weight excluding hydrogens is 420 g/mol. The topological polar surface area (TPSA) is 77.3 Å². The van der Waals surface area contributed by atoms with Gasteiger partial charge in [-0.25, -0.2) is 8.42 Å². The second-order valence-corrected chi connectivity index (χ2v) is 9.75. The summed E-state index contributed by atoms with van der Waals surface area (Å²) in [5, 5.41) is 9.57. The Balaban J connectivity index is 1.53. The Morgan fingerprint density at radius 1 is 1.00 bits per heavy atom. The number of hydrogen-bond donors (Lipinski definition) is 0. The van der Waals surface area contributed by atoms with E-state index in [1.807, 2.05) is 18.2 Å². The van der Waals surface area contributed by atoms with Crippen LogP contribution in [0.4, 0.5) is 0 Å². The van der Waals surface area contributed by atoms with Crippen molar-refractivity contribution in [1.29, 1.82) is 0 Å². The molecule has 0 spiro atoms. The number of aromatic nitrogens is 3. The Morgan fingerprint density at radius 3 is 2.37 bits per heavy atom. The summed E-state index contributed by atoms with van der Waals surface area (Å²) in [6, 6.07) is 17.1. The largest absolute Gasteiger partial charge is 0.379 e. The first-order valence-electron chi connectivity index (χ1n) is 9.88. The number of sulfonamides is 1. The zero-order chi connectivity index (χ0) is 21.0. The normalized spacial score (nSPS) is 15.4. The molecule has 0 N–H and O–H groups in total. The van der Waals surface area contributed by atoms with Gasteiger partial charge in [-0.05, 0) is 36.8 Å². The molecule has 0 aliphatic carbocycles. The summed E-state index contributed by atoms with van der Waals surface area (Å²) in [7, 11) is -3.50. The lowest BCUT2D eigenvalue weighted by molar-refractivity contribution is 0.0730. The summed E-state index contributed by atoms with van der Waals surface area (Å²) in [5.41, 5.74) is 2.07. The van der Waals surface area contributed by atoms with Gasteiger partial charge in [-0.1, -0.05) is 42.1 Å². The summed E-state index contributed by atoms with van der Waals surface area (Å²) >= 11 is 1.64. The van der Waals surface area contributed by atoms with Gasteiger partial charge in [0, 0.05) is 31.0 Å². The smallest absolute Gasteiger partial charge is 0.243 e. The van der Waals surface area contributed by atoms with Crippen molar-refractivity contribution < 1.29 is 13.2 Å². The van der Waals surface area contributed by atoms with Gasteiger partial charge in [-0.15, -0.1) is 10.2 Å². The molecule has 0 saturated carbocycles. The summed E-state index contributed by atoms with van der Waals surface area (Å²) < 4.78 is 34.4. The maximum atomic E-state index is 12.8. The summed E-state index contributed by atoms with van der Waals surface area (Å²) in [6.45, 7) is 4.41. The number of thioether (sulfide) groups is 1. The molecular formula is C21H24N4O3S2. The fourth-order valence-electron chi connectivity index (χ4n) is 3.33. The van der Waals surface area contributed by atoms with E-state index in [1.165, 1.54) is 9.87 Å². The summed E-state index contributed by atoms with van der Waals surface area (Å²) in [5.74, 6) is 1.55. The van der Waals surface area contributed by atoms with E-state index in [-0.39, 0.29) is 4.90 Å². The molecule has 2 aromatic carbocycles. The Morgan fingerprint density at radius 2 is 1.70 bits per heavy atom. The van der Waals surface area contributed by atoms with Crippen LogP contribution in [0.2, 0.25) is 0 Å². The minimum atomic E-state index is -3.50. The lowest BCUT2D eigenvalue weighted by atomic mass is 10.2. The van der Waals surface area contributed by atoms with Gasteiger partial charge in [0.05, 0.1) is 18.1 Å². The standard InChI is InChI=1S/C21H24N4O3S2/c1-2-25-20(22-23-21(25)29-16-17-6-4-3-5-7-17)18-8-10-19(11-9-18)30(26,27)24-12-14-28-15-13-24/h3-11H,2,12-16H2,1H3. The SMILES string of the molecule is CCn1c(SCc2ccccc2)nnc1-c1ccc(S(=O)(=O)N2CCOCC2)cc1. The van der Waals surface area contributed by atoms with Crippen molar-refractivity contribution in [2.75, 3.05) is 26.3 Å². The molecule has 158 valence electrons. The van der Waals surface area contributed by atoms with Gasteiger partial charge in [-0.3, -0.25) is 0 Å². The molecule has 0 atom stereocenters. The van der Waals surface area contributed by atoms with Crippen LogP contribution in [0.3, 0.4) is 0 Å². The summed E-state index contributed by atoms with van der Waals surface area (Å²) in [4.78, 5) is 0.286. The van der Waals surface area contributed by atoms with Crippen LogP contribution in [0.25, 0.3) is 11.4 Å². The molecule has 1 aromatic heterocycles. The maximum absolute atomic E-state index is 12.8. The van der Waals surface area contributed by atoms with E-state index in [2.05, 4.69) is 33.8 Å². The number of hydrogen-bond acceptors (Lipinski definition) is 6. The van der Waals surface area contributed by atoms with Crippen molar-refractivity contribution in [3.8, 4) is 11.4 Å². The van der Waals surface area contributed by atoms with Gasteiger partial charge < -0.3 is 9.30 Å². The van der Waals surface area contributed by atoms with E-state index in [0.717, 1.165) is 28.8 Å². The van der Waals surface area contributed by atoms with Gasteiger partial charge in [0.2, 0.25) is 10.0 Å². The molecule has 9 heteroatoms. The van der Waals surface area contributed by atoms with E-state index in [0.29, 0.717) is 26.3 Å². The lowest BCUT2D eigenvalue weighted by Gasteiger charge is -2.26. The highest BCUT2D eigenvalue weighted by Crippen LogP contribution is 2.27. The van der Waals surface area contributed by atoms with Crippen molar-refractivity contribution in [2.45, 2.75) is 29.3 Å². The third kappa shape index (κ3) is 4.44. The minimum absolute atomic E-state index is 0.286. The second-order valence-electron chi connectivity index (χ2n) is 6.87. The molecule has 2 heterocycles. The second kappa shape index (κ2) is 9.30. The van der Waals surface area contributed by atoms with Gasteiger partial charge in [0.25, 0.3) is 0 Å². The Hall–Kier alpha value is -2.20. The number of morpholine rings is 1. The van der Waals surface area contributed by atoms with Crippen LogP contribution in [-0.4, -0.2) is 53.8 Å². The summed E-state index contributed by atoms with van der Waals surface area (Å²) in [6.07, 6.45) is 0. The molecule has 4 rings (SSSR count). The molecule has 0 amide bonds. The number of benzene rings is 2. The number of nitrogens with zero attached hydrogens (tertiary/aromatic N) is 4. The van der Waals surface area contributed by atoms with E-state index >= 15 is 0 Å². The molecule has 1 fully saturated rings. The third-order valence-corrected chi connectivity index (χ3v) is 7.91. The predicted molar refractivity (Wildman–Crippen MR) is 117 cm³/mol. The molecule has 3 aromatic rings. The van der Waals surface area contributed by atoms with Crippen LogP contribution in [-0.2, 0) is 27.1 Å². The van der Waals surface area contributed by atoms with E-state index in [9.17, 15) is 8.42 Å². The molecule has 1 aliphatic heterocycles. The molecule has 30 heavy (non-hydrogen) atoms. The zero-order valence-electron chi connectivity index (χ0n) is 16.8. The molecule has 0 bridgehead atoms. The minimum Gasteiger partial charge on any atom is -0.379 e. The van der Waals surface area contributed by atoms with Crippen molar-refractivity contribution in [3.63, 3.8) is 0 Å². The average molecular weight is 445 g/mol. The highest BCUT2D eigenvalue weighted by atomic mass is 32.2. The average Bonchev–Trinajstić information content (AvgIpc) is 3.22. The van der Waals surface area contributed by atoms with Crippen molar-refractivity contribution in [1.82, 2.24) is 19.1 Å². The van der Waals surface area contributed by atoms with Gasteiger partial charge >= 0.3 is 0 Å².